The number of aromatic nitrogens is 5. The summed E-state index contributed by atoms with van der Waals surface area (Å²) in [4.78, 5) is 16.9. The smallest absolute Gasteiger partial charge is 0.151 e. The average Bonchev–Trinajstić information content (AvgIpc) is 3.52. The van der Waals surface area contributed by atoms with Gasteiger partial charge in [0, 0.05) is 41.6 Å². The molecule has 2 saturated heterocycles. The Balaban J connectivity index is 1.36. The molecule has 9 heteroatoms. The molecule has 3 aromatic rings. The number of aliphatic hydroxyl groups excluding tert-OH is 1. The molecule has 5 heterocycles. The van der Waals surface area contributed by atoms with Crippen molar-refractivity contribution in [1.29, 1.82) is 0 Å². The zero-order valence-corrected chi connectivity index (χ0v) is 20.0. The molecule has 4 N–H and O–H groups in total. The number of pyridine rings is 1. The molecule has 0 spiro atoms. The van der Waals surface area contributed by atoms with Crippen molar-refractivity contribution in [2.45, 2.75) is 88.6 Å². The van der Waals surface area contributed by atoms with Gasteiger partial charge in [-0.1, -0.05) is 6.92 Å². The first-order chi connectivity index (χ1) is 16.5. The number of aliphatic hydroxyl groups is 1. The minimum absolute atomic E-state index is 0.206. The zero-order chi connectivity index (χ0) is 23.4. The molecule has 3 aliphatic rings. The molecule has 6 rings (SSSR count). The summed E-state index contributed by atoms with van der Waals surface area (Å²) >= 11 is 0. The lowest BCUT2D eigenvalue weighted by atomic mass is 9.98. The van der Waals surface area contributed by atoms with Crippen LogP contribution in [0.2, 0.25) is 0 Å². The predicted octanol–water partition coefficient (Wildman–Crippen LogP) is 3.16. The first kappa shape index (κ1) is 21.7. The summed E-state index contributed by atoms with van der Waals surface area (Å²) in [5.41, 5.74) is 10.4. The lowest BCUT2D eigenvalue weighted by molar-refractivity contribution is 0.131. The highest BCUT2D eigenvalue weighted by Gasteiger charge is 2.39. The Morgan fingerprint density at radius 2 is 1.82 bits per heavy atom. The van der Waals surface area contributed by atoms with Crippen LogP contribution in [0.25, 0.3) is 22.2 Å². The molecule has 0 amide bonds. The normalized spacial score (nSPS) is 29.2. The van der Waals surface area contributed by atoms with Crippen molar-refractivity contribution in [2.75, 3.05) is 18.1 Å². The zero-order valence-electron chi connectivity index (χ0n) is 20.0. The molecular formula is C25H34N8O. The Bertz CT molecular complexity index is 1200. The molecule has 9 nitrogen and oxygen atoms in total. The van der Waals surface area contributed by atoms with Gasteiger partial charge in [0.25, 0.3) is 0 Å². The van der Waals surface area contributed by atoms with Crippen LogP contribution in [0.5, 0.6) is 0 Å². The van der Waals surface area contributed by atoms with E-state index in [0.29, 0.717) is 29.5 Å². The van der Waals surface area contributed by atoms with Gasteiger partial charge < -0.3 is 21.1 Å². The van der Waals surface area contributed by atoms with Crippen LogP contribution in [0.4, 0.5) is 11.6 Å². The van der Waals surface area contributed by atoms with Crippen molar-refractivity contribution in [1.82, 2.24) is 29.6 Å². The fraction of sp³-hybridized carbons (Fsp3) is 0.600. The molecule has 5 atom stereocenters. The molecular weight excluding hydrogens is 428 g/mol. The molecule has 0 radical (unpaired) electrons. The summed E-state index contributed by atoms with van der Waals surface area (Å²) in [7, 11) is 2.26. The van der Waals surface area contributed by atoms with Gasteiger partial charge in [0.05, 0.1) is 24.0 Å². The summed E-state index contributed by atoms with van der Waals surface area (Å²) in [5, 5.41) is 18.3. The standard InChI is InChI=1S/C25H34N8O/c1-3-21-25(29-15-4-7-19(34)8-15)31-22-20(12-27-24(26)23(22)30-21)14-11-28-33(13-14)18-9-16-5-6-17(10-18)32(16)2/h11-13,15-19,34H,3-10H2,1-2H3,(H2,26,27)(H,29,31)/t15-,16-,17+,18-,19+/m1/s1. The van der Waals surface area contributed by atoms with Crippen molar-refractivity contribution < 1.29 is 5.11 Å². The quantitative estimate of drug-likeness (QED) is 0.529. The van der Waals surface area contributed by atoms with Gasteiger partial charge >= 0.3 is 0 Å². The van der Waals surface area contributed by atoms with E-state index in [1.54, 1.807) is 6.20 Å². The van der Waals surface area contributed by atoms with Crippen molar-refractivity contribution in [3.05, 3.63) is 24.3 Å². The molecule has 180 valence electrons. The fourth-order valence-electron chi connectivity index (χ4n) is 6.22. The molecule has 2 bridgehead atoms. The van der Waals surface area contributed by atoms with Crippen LogP contribution in [0.3, 0.4) is 0 Å². The van der Waals surface area contributed by atoms with Crippen LogP contribution in [0, 0.1) is 0 Å². The van der Waals surface area contributed by atoms with Gasteiger partial charge in [-0.3, -0.25) is 4.68 Å². The van der Waals surface area contributed by atoms with Crippen LogP contribution in [0.15, 0.2) is 18.6 Å². The van der Waals surface area contributed by atoms with Gasteiger partial charge in [0.15, 0.2) is 5.82 Å². The number of anilines is 2. The Kier molecular flexibility index (Phi) is 5.41. The number of nitrogen functional groups attached to an aromatic ring is 1. The average molecular weight is 463 g/mol. The Morgan fingerprint density at radius 1 is 1.03 bits per heavy atom. The maximum Gasteiger partial charge on any atom is 0.151 e. The Labute approximate surface area is 199 Å². The number of nitrogens with one attached hydrogen (secondary N) is 1. The highest BCUT2D eigenvalue weighted by molar-refractivity contribution is 5.96. The number of hydrogen-bond acceptors (Lipinski definition) is 8. The summed E-state index contributed by atoms with van der Waals surface area (Å²) in [6.45, 7) is 2.07. The van der Waals surface area contributed by atoms with Gasteiger partial charge in [-0.2, -0.15) is 5.10 Å². The van der Waals surface area contributed by atoms with E-state index < -0.39 is 0 Å². The third-order valence-corrected chi connectivity index (χ3v) is 8.24. The number of nitrogens with two attached hydrogens (primary N) is 1. The Morgan fingerprint density at radius 3 is 2.53 bits per heavy atom. The molecule has 1 aliphatic carbocycles. The third-order valence-electron chi connectivity index (χ3n) is 8.24. The van der Waals surface area contributed by atoms with E-state index in [1.165, 1.54) is 12.8 Å². The SMILES string of the molecule is CCc1nc2c(N)ncc(-c3cnn([C@@H]4C[C@H]5CC[C@@H](C4)N5C)c3)c2nc1N[C@@H]1CC[C@H](O)C1. The summed E-state index contributed by atoms with van der Waals surface area (Å²) in [6.07, 6.45) is 13.7. The van der Waals surface area contributed by atoms with E-state index in [1.807, 2.05) is 6.20 Å². The second-order valence-electron chi connectivity index (χ2n) is 10.3. The molecule has 34 heavy (non-hydrogen) atoms. The van der Waals surface area contributed by atoms with Crippen molar-refractivity contribution in [3.63, 3.8) is 0 Å². The molecule has 2 aliphatic heterocycles. The van der Waals surface area contributed by atoms with Crippen molar-refractivity contribution in [2.24, 2.45) is 0 Å². The number of fused-ring (bicyclic) bond motifs is 3. The molecule has 1 saturated carbocycles. The second kappa shape index (κ2) is 8.46. The van der Waals surface area contributed by atoms with E-state index in [4.69, 9.17) is 20.8 Å². The summed E-state index contributed by atoms with van der Waals surface area (Å²) < 4.78 is 2.14. The minimum Gasteiger partial charge on any atom is -0.393 e. The summed E-state index contributed by atoms with van der Waals surface area (Å²) in [6, 6.07) is 1.96. The largest absolute Gasteiger partial charge is 0.393 e. The summed E-state index contributed by atoms with van der Waals surface area (Å²) in [5.74, 6) is 1.17. The van der Waals surface area contributed by atoms with E-state index in [-0.39, 0.29) is 12.1 Å². The van der Waals surface area contributed by atoms with E-state index in [0.717, 1.165) is 66.7 Å². The van der Waals surface area contributed by atoms with Crippen LogP contribution < -0.4 is 11.1 Å². The topological polar surface area (TPSA) is 118 Å². The molecule has 0 unspecified atom stereocenters. The van der Waals surface area contributed by atoms with E-state index in [2.05, 4.69) is 40.1 Å². The molecule has 0 aromatic carbocycles. The molecule has 3 aromatic heterocycles. The fourth-order valence-corrected chi connectivity index (χ4v) is 6.22. The number of hydrogen-bond donors (Lipinski definition) is 3. The van der Waals surface area contributed by atoms with Crippen LogP contribution in [-0.4, -0.2) is 66.0 Å². The maximum absolute atomic E-state index is 9.95. The lowest BCUT2D eigenvalue weighted by Crippen LogP contribution is -2.40. The van der Waals surface area contributed by atoms with E-state index >= 15 is 0 Å². The maximum atomic E-state index is 9.95. The highest BCUT2D eigenvalue weighted by Crippen LogP contribution is 2.40. The highest BCUT2D eigenvalue weighted by atomic mass is 16.3. The predicted molar refractivity (Wildman–Crippen MR) is 132 cm³/mol. The second-order valence-corrected chi connectivity index (χ2v) is 10.3. The number of rotatable bonds is 5. The van der Waals surface area contributed by atoms with Crippen molar-refractivity contribution >= 4 is 22.7 Å². The van der Waals surface area contributed by atoms with Gasteiger partial charge in [-0.15, -0.1) is 0 Å². The number of nitrogens with zero attached hydrogens (tertiary/aromatic N) is 6. The Hall–Kier alpha value is -2.78. The number of piperidine rings is 1. The van der Waals surface area contributed by atoms with Crippen LogP contribution >= 0.6 is 0 Å². The van der Waals surface area contributed by atoms with Gasteiger partial charge in [0.1, 0.15) is 16.9 Å². The first-order valence-corrected chi connectivity index (χ1v) is 12.7. The first-order valence-electron chi connectivity index (χ1n) is 12.7. The lowest BCUT2D eigenvalue weighted by Gasteiger charge is -2.36. The minimum atomic E-state index is -0.243. The van der Waals surface area contributed by atoms with Crippen molar-refractivity contribution in [3.8, 4) is 11.1 Å². The van der Waals surface area contributed by atoms with Crippen LogP contribution in [-0.2, 0) is 6.42 Å². The van der Waals surface area contributed by atoms with Gasteiger partial charge in [0.2, 0.25) is 0 Å². The number of aryl methyl sites for hydroxylation is 1. The van der Waals surface area contributed by atoms with Gasteiger partial charge in [-0.05, 0) is 58.4 Å². The third kappa shape index (κ3) is 3.71. The van der Waals surface area contributed by atoms with Crippen LogP contribution in [0.1, 0.15) is 63.6 Å². The monoisotopic (exact) mass is 462 g/mol. The van der Waals surface area contributed by atoms with Gasteiger partial charge in [-0.25, -0.2) is 15.0 Å². The molecule has 3 fully saturated rings. The van der Waals surface area contributed by atoms with E-state index in [9.17, 15) is 5.11 Å².